The third-order valence-corrected chi connectivity index (χ3v) is 5.24. The Hall–Kier alpha value is -3.43. The number of carbonyl (C=O) groups is 1. The lowest BCUT2D eigenvalue weighted by Gasteiger charge is -2.34. The van der Waals surface area contributed by atoms with Crippen LogP contribution in [-0.4, -0.2) is 55.6 Å². The van der Waals surface area contributed by atoms with Crippen LogP contribution in [0.4, 0.5) is 20.7 Å². The van der Waals surface area contributed by atoms with Gasteiger partial charge in [-0.25, -0.2) is 24.1 Å². The summed E-state index contributed by atoms with van der Waals surface area (Å²) in [4.78, 5) is 27.3. The summed E-state index contributed by atoms with van der Waals surface area (Å²) in [5, 5.41) is 3.29. The third kappa shape index (κ3) is 4.90. The average Bonchev–Trinajstić information content (AvgIpc) is 3.15. The topological polar surface area (TPSA) is 111 Å². The second-order valence-corrected chi connectivity index (χ2v) is 9.03. The zero-order chi connectivity index (χ0) is 22.9. The van der Waals surface area contributed by atoms with E-state index >= 15 is 0 Å². The van der Waals surface area contributed by atoms with E-state index in [9.17, 15) is 9.18 Å². The predicted octanol–water partition coefficient (Wildman–Crippen LogP) is 3.57. The number of carbonyl (C=O) groups excluding carboxylic acids is 1. The molecule has 3 aromatic rings. The Morgan fingerprint density at radius 3 is 2.91 bits per heavy atom. The first-order valence-corrected chi connectivity index (χ1v) is 10.7. The summed E-state index contributed by atoms with van der Waals surface area (Å²) < 4.78 is 20.8. The molecule has 4 heterocycles. The first-order chi connectivity index (χ1) is 15.2. The third-order valence-electron chi connectivity index (χ3n) is 5.24. The van der Waals surface area contributed by atoms with Crippen molar-refractivity contribution in [3.05, 3.63) is 36.5 Å². The molecule has 1 atom stereocenters. The normalized spacial score (nSPS) is 16.9. The molecule has 0 unspecified atom stereocenters. The SMILES string of the molecule is CC(C)(C)OC(=O)N1CCC[C@@H](CNc2nc(-c3cnc4ccc(F)cn34)ncc2N)C1. The average molecular weight is 442 g/mol. The van der Waals surface area contributed by atoms with E-state index in [0.717, 1.165) is 12.8 Å². The lowest BCUT2D eigenvalue weighted by molar-refractivity contribution is 0.0172. The molecule has 3 aromatic heterocycles. The predicted molar refractivity (Wildman–Crippen MR) is 120 cm³/mol. The number of nitrogens with one attached hydrogen (secondary N) is 1. The number of ether oxygens (including phenoxy) is 1. The van der Waals surface area contributed by atoms with E-state index in [1.54, 1.807) is 21.6 Å². The summed E-state index contributed by atoms with van der Waals surface area (Å²) in [6, 6.07) is 2.95. The molecule has 0 aliphatic carbocycles. The van der Waals surface area contributed by atoms with Crippen molar-refractivity contribution in [2.75, 3.05) is 30.7 Å². The van der Waals surface area contributed by atoms with Gasteiger partial charge in [-0.3, -0.25) is 4.40 Å². The molecule has 1 saturated heterocycles. The summed E-state index contributed by atoms with van der Waals surface area (Å²) in [5.41, 5.74) is 7.14. The number of anilines is 2. The molecule has 1 fully saturated rings. The van der Waals surface area contributed by atoms with Crippen molar-refractivity contribution in [2.45, 2.75) is 39.2 Å². The molecule has 32 heavy (non-hydrogen) atoms. The number of hydrogen-bond acceptors (Lipinski definition) is 7. The van der Waals surface area contributed by atoms with Gasteiger partial charge in [-0.05, 0) is 51.7 Å². The van der Waals surface area contributed by atoms with Crippen molar-refractivity contribution < 1.29 is 13.9 Å². The summed E-state index contributed by atoms with van der Waals surface area (Å²) in [7, 11) is 0. The van der Waals surface area contributed by atoms with Gasteiger partial charge in [0, 0.05) is 25.8 Å². The summed E-state index contributed by atoms with van der Waals surface area (Å²) in [6.45, 7) is 7.48. The summed E-state index contributed by atoms with van der Waals surface area (Å²) in [5.74, 6) is 0.742. The van der Waals surface area contributed by atoms with Gasteiger partial charge in [0.05, 0.1) is 18.1 Å². The highest BCUT2D eigenvalue weighted by molar-refractivity contribution is 5.68. The van der Waals surface area contributed by atoms with Crippen molar-refractivity contribution in [3.63, 3.8) is 0 Å². The molecule has 0 spiro atoms. The van der Waals surface area contributed by atoms with Crippen molar-refractivity contribution in [3.8, 4) is 11.5 Å². The van der Waals surface area contributed by atoms with Crippen LogP contribution in [-0.2, 0) is 4.74 Å². The Balaban J connectivity index is 1.46. The van der Waals surface area contributed by atoms with Crippen LogP contribution in [0.2, 0.25) is 0 Å². The maximum absolute atomic E-state index is 13.7. The zero-order valence-corrected chi connectivity index (χ0v) is 18.5. The molecule has 0 bridgehead atoms. The van der Waals surface area contributed by atoms with Crippen molar-refractivity contribution >= 4 is 23.2 Å². The smallest absolute Gasteiger partial charge is 0.410 e. The number of nitrogen functional groups attached to an aromatic ring is 1. The fourth-order valence-electron chi connectivity index (χ4n) is 3.74. The molecular formula is C22H28FN7O2. The molecule has 10 heteroatoms. The van der Waals surface area contributed by atoms with E-state index in [0.29, 0.717) is 48.3 Å². The molecule has 9 nitrogen and oxygen atoms in total. The Kier molecular flexibility index (Phi) is 5.86. The highest BCUT2D eigenvalue weighted by Crippen LogP contribution is 2.24. The molecule has 0 aromatic carbocycles. The lowest BCUT2D eigenvalue weighted by Crippen LogP contribution is -2.44. The van der Waals surface area contributed by atoms with Gasteiger partial charge < -0.3 is 20.7 Å². The van der Waals surface area contributed by atoms with Gasteiger partial charge in [-0.2, -0.15) is 0 Å². The summed E-state index contributed by atoms with van der Waals surface area (Å²) >= 11 is 0. The molecule has 3 N–H and O–H groups in total. The van der Waals surface area contributed by atoms with Crippen LogP contribution >= 0.6 is 0 Å². The standard InChI is InChI=1S/C22H28FN7O2/c1-22(2,3)32-21(31)29-8-4-5-14(12-29)9-26-19-16(24)10-27-20(28-19)17-11-25-18-7-6-15(23)13-30(17)18/h6-7,10-11,13-14H,4-5,8-9,12,24H2,1-3H3,(H,26,27,28)/t14-/m0/s1. The Morgan fingerprint density at radius 1 is 1.31 bits per heavy atom. The first-order valence-electron chi connectivity index (χ1n) is 10.7. The van der Waals surface area contributed by atoms with Crippen LogP contribution in [0.5, 0.6) is 0 Å². The van der Waals surface area contributed by atoms with E-state index < -0.39 is 5.60 Å². The fourth-order valence-corrected chi connectivity index (χ4v) is 3.74. The maximum atomic E-state index is 13.7. The van der Waals surface area contributed by atoms with Crippen LogP contribution in [0, 0.1) is 11.7 Å². The maximum Gasteiger partial charge on any atom is 0.410 e. The van der Waals surface area contributed by atoms with Crippen molar-refractivity contribution in [1.82, 2.24) is 24.3 Å². The zero-order valence-electron chi connectivity index (χ0n) is 18.5. The van der Waals surface area contributed by atoms with E-state index in [1.165, 1.54) is 18.5 Å². The summed E-state index contributed by atoms with van der Waals surface area (Å²) in [6.07, 6.45) is 6.07. The largest absolute Gasteiger partial charge is 0.444 e. The van der Waals surface area contributed by atoms with Gasteiger partial charge in [-0.15, -0.1) is 0 Å². The minimum Gasteiger partial charge on any atom is -0.444 e. The van der Waals surface area contributed by atoms with Gasteiger partial charge in [0.15, 0.2) is 11.6 Å². The quantitative estimate of drug-likeness (QED) is 0.637. The molecular weight excluding hydrogens is 413 g/mol. The molecule has 170 valence electrons. The van der Waals surface area contributed by atoms with Gasteiger partial charge in [0.25, 0.3) is 0 Å². The first kappa shape index (κ1) is 21.8. The van der Waals surface area contributed by atoms with Crippen molar-refractivity contribution in [1.29, 1.82) is 0 Å². The number of nitrogens with two attached hydrogens (primary N) is 1. The van der Waals surface area contributed by atoms with Crippen LogP contribution in [0.25, 0.3) is 17.2 Å². The van der Waals surface area contributed by atoms with Gasteiger partial charge >= 0.3 is 6.09 Å². The molecule has 4 rings (SSSR count). The minimum absolute atomic E-state index is 0.235. The minimum atomic E-state index is -0.519. The molecule has 1 aliphatic heterocycles. The monoisotopic (exact) mass is 441 g/mol. The highest BCUT2D eigenvalue weighted by Gasteiger charge is 2.27. The highest BCUT2D eigenvalue weighted by atomic mass is 19.1. The molecule has 0 saturated carbocycles. The number of hydrogen-bond donors (Lipinski definition) is 2. The number of imidazole rings is 1. The van der Waals surface area contributed by atoms with Crippen molar-refractivity contribution in [2.24, 2.45) is 5.92 Å². The number of nitrogens with zero attached hydrogens (tertiary/aromatic N) is 5. The second-order valence-electron chi connectivity index (χ2n) is 9.03. The number of piperidine rings is 1. The molecule has 0 radical (unpaired) electrons. The van der Waals surface area contributed by atoms with Gasteiger partial charge in [-0.1, -0.05) is 0 Å². The van der Waals surface area contributed by atoms with E-state index in [4.69, 9.17) is 10.5 Å². The van der Waals surface area contributed by atoms with Crippen LogP contribution in [0.3, 0.4) is 0 Å². The van der Waals surface area contributed by atoms with Gasteiger partial charge in [0.1, 0.15) is 22.8 Å². The number of pyridine rings is 1. The van der Waals surface area contributed by atoms with Crippen LogP contribution < -0.4 is 11.1 Å². The number of aromatic nitrogens is 4. The fraction of sp³-hybridized carbons (Fsp3) is 0.455. The number of rotatable bonds is 4. The molecule has 1 aliphatic rings. The lowest BCUT2D eigenvalue weighted by atomic mass is 9.98. The van der Waals surface area contributed by atoms with E-state index in [-0.39, 0.29) is 17.8 Å². The Bertz CT molecular complexity index is 1130. The van der Waals surface area contributed by atoms with Crippen LogP contribution in [0.15, 0.2) is 30.7 Å². The number of likely N-dealkylation sites (tertiary alicyclic amines) is 1. The Morgan fingerprint density at radius 2 is 2.12 bits per heavy atom. The van der Waals surface area contributed by atoms with Crippen LogP contribution in [0.1, 0.15) is 33.6 Å². The second kappa shape index (κ2) is 8.60. The number of amides is 1. The Labute approximate surface area is 185 Å². The molecule has 1 amide bonds. The van der Waals surface area contributed by atoms with E-state index in [1.807, 2.05) is 20.8 Å². The number of fused-ring (bicyclic) bond motifs is 1. The van der Waals surface area contributed by atoms with E-state index in [2.05, 4.69) is 20.3 Å². The van der Waals surface area contributed by atoms with Gasteiger partial charge in [0.2, 0.25) is 0 Å². The number of halogens is 1.